The summed E-state index contributed by atoms with van der Waals surface area (Å²) in [6.07, 6.45) is 0. The molecule has 0 bridgehead atoms. The van der Waals surface area contributed by atoms with Crippen LogP contribution in [-0.4, -0.2) is 31.3 Å². The number of rotatable bonds is 4. The highest BCUT2D eigenvalue weighted by atomic mass is 35.5. The molecule has 2 aromatic rings. The van der Waals surface area contributed by atoms with E-state index in [9.17, 15) is 9.18 Å². The Balaban J connectivity index is 2.51. The van der Waals surface area contributed by atoms with Crippen molar-refractivity contribution in [3.8, 4) is 11.4 Å². The van der Waals surface area contributed by atoms with Crippen molar-refractivity contribution in [2.24, 2.45) is 5.92 Å². The minimum absolute atomic E-state index is 0.0589. The number of hydrogen-bond donors (Lipinski definition) is 1. The minimum atomic E-state index is -0.987. The van der Waals surface area contributed by atoms with E-state index in [0.29, 0.717) is 0 Å². The van der Waals surface area contributed by atoms with E-state index in [0.717, 1.165) is 0 Å². The van der Waals surface area contributed by atoms with Crippen LogP contribution in [-0.2, 0) is 4.79 Å². The van der Waals surface area contributed by atoms with Gasteiger partial charge in [0, 0.05) is 0 Å². The summed E-state index contributed by atoms with van der Waals surface area (Å²) < 4.78 is 15.2. The molecule has 0 aliphatic rings. The number of tetrazole rings is 1. The zero-order chi connectivity index (χ0) is 14.9. The zero-order valence-electron chi connectivity index (χ0n) is 10.8. The van der Waals surface area contributed by atoms with Crippen molar-refractivity contribution in [3.63, 3.8) is 0 Å². The molecule has 1 heterocycles. The molecule has 2 rings (SSSR count). The number of benzene rings is 1. The highest BCUT2D eigenvalue weighted by Gasteiger charge is 2.26. The number of aromatic nitrogens is 4. The lowest BCUT2D eigenvalue weighted by Gasteiger charge is -2.17. The fourth-order valence-corrected chi connectivity index (χ4v) is 2.01. The summed E-state index contributed by atoms with van der Waals surface area (Å²) in [6.45, 7) is 3.18. The van der Waals surface area contributed by atoms with Gasteiger partial charge in [-0.05, 0) is 36.4 Å². The van der Waals surface area contributed by atoms with Gasteiger partial charge >= 0.3 is 5.97 Å². The normalized spacial score (nSPS) is 14.0. The lowest BCUT2D eigenvalue weighted by molar-refractivity contribution is -0.142. The van der Waals surface area contributed by atoms with Crippen LogP contribution in [0.1, 0.15) is 19.9 Å². The Kier molecular flexibility index (Phi) is 3.99. The highest BCUT2D eigenvalue weighted by molar-refractivity contribution is 6.33. The fourth-order valence-electron chi connectivity index (χ4n) is 1.76. The van der Waals surface area contributed by atoms with E-state index in [1.165, 1.54) is 29.8 Å². The Morgan fingerprint density at radius 3 is 2.75 bits per heavy atom. The van der Waals surface area contributed by atoms with E-state index < -0.39 is 23.7 Å². The first-order chi connectivity index (χ1) is 9.43. The fraction of sp³-hybridized carbons (Fsp3) is 0.333. The number of nitrogens with zero attached hydrogens (tertiary/aromatic N) is 4. The first kappa shape index (κ1) is 14.4. The van der Waals surface area contributed by atoms with Crippen LogP contribution in [0.5, 0.6) is 0 Å². The predicted octanol–water partition coefficient (Wildman–Crippen LogP) is 2.41. The third-order valence-electron chi connectivity index (χ3n) is 3.18. The number of carboxylic acids is 1. The second-order valence-electron chi connectivity index (χ2n) is 4.41. The van der Waals surface area contributed by atoms with Gasteiger partial charge < -0.3 is 5.11 Å². The number of carboxylic acid groups (broad SMARTS) is 1. The third-order valence-corrected chi connectivity index (χ3v) is 3.49. The van der Waals surface area contributed by atoms with Crippen molar-refractivity contribution in [1.29, 1.82) is 0 Å². The molecule has 0 spiro atoms. The van der Waals surface area contributed by atoms with Crippen LogP contribution in [0.2, 0.25) is 5.02 Å². The number of carbonyl (C=O) groups is 1. The van der Waals surface area contributed by atoms with Crippen molar-refractivity contribution in [1.82, 2.24) is 20.2 Å². The molecule has 8 heteroatoms. The van der Waals surface area contributed by atoms with Crippen molar-refractivity contribution in [2.75, 3.05) is 0 Å². The molecule has 0 amide bonds. The molecule has 1 N–H and O–H groups in total. The number of aliphatic carboxylic acids is 1. The van der Waals surface area contributed by atoms with Crippen molar-refractivity contribution in [3.05, 3.63) is 29.0 Å². The Morgan fingerprint density at radius 2 is 2.15 bits per heavy atom. The molecule has 0 saturated heterocycles. The van der Waals surface area contributed by atoms with E-state index in [-0.39, 0.29) is 16.4 Å². The molecule has 0 fully saturated rings. The van der Waals surface area contributed by atoms with Gasteiger partial charge in [-0.2, -0.15) is 0 Å². The molecule has 1 aromatic heterocycles. The summed E-state index contributed by atoms with van der Waals surface area (Å²) in [5.74, 6) is -2.18. The zero-order valence-corrected chi connectivity index (χ0v) is 11.5. The van der Waals surface area contributed by atoms with E-state index in [1.54, 1.807) is 6.92 Å². The van der Waals surface area contributed by atoms with Crippen molar-refractivity contribution in [2.45, 2.75) is 19.9 Å². The quantitative estimate of drug-likeness (QED) is 0.937. The SMILES string of the molecule is CC(C(=O)O)C(C)n1nnnc1-c1c(F)cccc1Cl. The predicted molar refractivity (Wildman–Crippen MR) is 69.7 cm³/mol. The maximum atomic E-state index is 13.9. The molecule has 2 unspecified atom stereocenters. The molecule has 0 aliphatic carbocycles. The molecular weight excluding hydrogens is 287 g/mol. The van der Waals surface area contributed by atoms with Crippen LogP contribution in [0.15, 0.2) is 18.2 Å². The number of halogens is 2. The molecule has 2 atom stereocenters. The van der Waals surface area contributed by atoms with Crippen LogP contribution in [0.4, 0.5) is 4.39 Å². The Labute approximate surface area is 119 Å². The minimum Gasteiger partial charge on any atom is -0.481 e. The molecule has 20 heavy (non-hydrogen) atoms. The first-order valence-corrected chi connectivity index (χ1v) is 6.26. The van der Waals surface area contributed by atoms with Gasteiger partial charge in [0.25, 0.3) is 0 Å². The molecule has 1 aromatic carbocycles. The molecule has 106 valence electrons. The van der Waals surface area contributed by atoms with Gasteiger partial charge in [-0.15, -0.1) is 5.10 Å². The summed E-state index contributed by atoms with van der Waals surface area (Å²) in [6, 6.07) is 3.68. The second-order valence-corrected chi connectivity index (χ2v) is 4.82. The standard InChI is InChI=1S/C12H12ClFN4O2/c1-6(12(19)20)7(2)18-11(15-16-17-18)10-8(13)4-3-5-9(10)14/h3-7H,1-2H3,(H,19,20). The summed E-state index contributed by atoms with van der Waals surface area (Å²) in [4.78, 5) is 11.0. The van der Waals surface area contributed by atoms with Gasteiger partial charge in [0.05, 0.1) is 22.5 Å². The van der Waals surface area contributed by atoms with Gasteiger partial charge in [0.2, 0.25) is 0 Å². The van der Waals surface area contributed by atoms with Crippen LogP contribution < -0.4 is 0 Å². The molecule has 0 saturated carbocycles. The van der Waals surface area contributed by atoms with Crippen LogP contribution in [0.25, 0.3) is 11.4 Å². The van der Waals surface area contributed by atoms with Gasteiger partial charge in [0.1, 0.15) is 5.82 Å². The Morgan fingerprint density at radius 1 is 1.45 bits per heavy atom. The largest absolute Gasteiger partial charge is 0.481 e. The van der Waals surface area contributed by atoms with Crippen LogP contribution >= 0.6 is 11.6 Å². The highest BCUT2D eigenvalue weighted by Crippen LogP contribution is 2.31. The first-order valence-electron chi connectivity index (χ1n) is 5.88. The van der Waals surface area contributed by atoms with Gasteiger partial charge in [0.15, 0.2) is 5.82 Å². The van der Waals surface area contributed by atoms with Gasteiger partial charge in [-0.25, -0.2) is 9.07 Å². The van der Waals surface area contributed by atoms with Crippen LogP contribution in [0, 0.1) is 11.7 Å². The average Bonchev–Trinajstić information content (AvgIpc) is 2.85. The Bertz CT molecular complexity index is 626. The summed E-state index contributed by atoms with van der Waals surface area (Å²) in [5.41, 5.74) is 0.0589. The molecule has 0 aliphatic heterocycles. The monoisotopic (exact) mass is 298 g/mol. The Hall–Kier alpha value is -2.02. The molecule has 0 radical (unpaired) electrons. The lowest BCUT2D eigenvalue weighted by Crippen LogP contribution is -2.23. The van der Waals surface area contributed by atoms with Gasteiger partial charge in [-0.3, -0.25) is 4.79 Å². The summed E-state index contributed by atoms with van der Waals surface area (Å²) in [5, 5.41) is 20.2. The number of hydrogen-bond acceptors (Lipinski definition) is 4. The van der Waals surface area contributed by atoms with E-state index in [2.05, 4.69) is 15.5 Å². The summed E-state index contributed by atoms with van der Waals surface area (Å²) in [7, 11) is 0. The van der Waals surface area contributed by atoms with Crippen molar-refractivity contribution < 1.29 is 14.3 Å². The van der Waals surface area contributed by atoms with Crippen LogP contribution in [0.3, 0.4) is 0 Å². The third kappa shape index (κ3) is 2.49. The smallest absolute Gasteiger partial charge is 0.308 e. The maximum absolute atomic E-state index is 13.9. The van der Waals surface area contributed by atoms with Gasteiger partial charge in [-0.1, -0.05) is 17.7 Å². The van der Waals surface area contributed by atoms with Crippen molar-refractivity contribution >= 4 is 17.6 Å². The topological polar surface area (TPSA) is 80.9 Å². The summed E-state index contributed by atoms with van der Waals surface area (Å²) >= 11 is 5.97. The average molecular weight is 299 g/mol. The lowest BCUT2D eigenvalue weighted by atomic mass is 10.0. The second kappa shape index (κ2) is 5.54. The van der Waals surface area contributed by atoms with E-state index >= 15 is 0 Å². The molecule has 6 nitrogen and oxygen atoms in total. The maximum Gasteiger partial charge on any atom is 0.308 e. The molecular formula is C12H12ClFN4O2. The van der Waals surface area contributed by atoms with E-state index in [4.69, 9.17) is 16.7 Å². The van der Waals surface area contributed by atoms with E-state index in [1.807, 2.05) is 0 Å².